The maximum Gasteiger partial charge on any atom is 0.414 e. The molecule has 0 aliphatic heterocycles. The van der Waals surface area contributed by atoms with E-state index in [4.69, 9.17) is 20.8 Å². The van der Waals surface area contributed by atoms with Gasteiger partial charge in [0.15, 0.2) is 5.75 Å². The molecule has 1 aromatic heterocycles. The van der Waals surface area contributed by atoms with Crippen molar-refractivity contribution in [3.05, 3.63) is 68.5 Å². The fourth-order valence-corrected chi connectivity index (χ4v) is 4.33. The van der Waals surface area contributed by atoms with Gasteiger partial charge >= 0.3 is 11.7 Å². The van der Waals surface area contributed by atoms with Gasteiger partial charge in [0, 0.05) is 37.5 Å². The number of amides is 1. The van der Waals surface area contributed by atoms with E-state index < -0.39 is 21.9 Å². The van der Waals surface area contributed by atoms with E-state index in [0.717, 1.165) is 0 Å². The number of carbonyl (C=O) groups excluding carboxylic acids is 1. The van der Waals surface area contributed by atoms with Crippen LogP contribution in [0.5, 0.6) is 5.75 Å². The van der Waals surface area contributed by atoms with Crippen LogP contribution >= 0.6 is 11.6 Å². The van der Waals surface area contributed by atoms with Gasteiger partial charge in [0.2, 0.25) is 0 Å². The summed E-state index contributed by atoms with van der Waals surface area (Å²) in [6.45, 7) is 2.40. The predicted molar refractivity (Wildman–Crippen MR) is 129 cm³/mol. The molecule has 0 bridgehead atoms. The Bertz CT molecular complexity index is 1390. The number of rotatable bonds is 8. The van der Waals surface area contributed by atoms with Gasteiger partial charge in [-0.15, -0.1) is 0 Å². The van der Waals surface area contributed by atoms with Crippen LogP contribution in [0.3, 0.4) is 0 Å². The first-order valence-corrected chi connectivity index (χ1v) is 12.2. The van der Waals surface area contributed by atoms with Gasteiger partial charge in [-0.3, -0.25) is 4.72 Å². The minimum absolute atomic E-state index is 0.0793. The highest BCUT2D eigenvalue weighted by Gasteiger charge is 2.17. The Hall–Kier alpha value is -3.12. The fourth-order valence-electron chi connectivity index (χ4n) is 3.20. The summed E-state index contributed by atoms with van der Waals surface area (Å²) >= 11 is 6.30. The maximum atomic E-state index is 12.8. The molecular weight excluding hydrogens is 484 g/mol. The summed E-state index contributed by atoms with van der Waals surface area (Å²) in [5, 5.41) is 0.787. The van der Waals surface area contributed by atoms with E-state index in [2.05, 4.69) is 15.2 Å². The molecular formula is C22H26ClN4O6S+. The van der Waals surface area contributed by atoms with Crippen LogP contribution in [-0.2, 0) is 16.6 Å². The largest absolute Gasteiger partial charge is 0.422 e. The van der Waals surface area contributed by atoms with Crippen LogP contribution < -0.4 is 25.5 Å². The molecule has 0 saturated carbocycles. The summed E-state index contributed by atoms with van der Waals surface area (Å²) in [6.07, 6.45) is -0.407. The van der Waals surface area contributed by atoms with Crippen molar-refractivity contribution in [2.24, 2.45) is 0 Å². The van der Waals surface area contributed by atoms with Gasteiger partial charge in [-0.1, -0.05) is 23.7 Å². The Labute approximate surface area is 201 Å². The first-order valence-electron chi connectivity index (χ1n) is 10.3. The Morgan fingerprint density at radius 3 is 2.65 bits per heavy atom. The molecule has 0 aliphatic rings. The molecule has 0 fully saturated rings. The lowest BCUT2D eigenvalue weighted by atomic mass is 9.99. The number of aryl methyl sites for hydroxylation is 1. The van der Waals surface area contributed by atoms with Crippen LogP contribution in [0.15, 0.2) is 45.6 Å². The highest BCUT2D eigenvalue weighted by atomic mass is 35.5. The van der Waals surface area contributed by atoms with Gasteiger partial charge in [-0.25, -0.2) is 9.59 Å². The van der Waals surface area contributed by atoms with E-state index in [-0.39, 0.29) is 29.3 Å². The van der Waals surface area contributed by atoms with E-state index in [1.165, 1.54) is 25.1 Å². The summed E-state index contributed by atoms with van der Waals surface area (Å²) in [7, 11) is -0.659. The van der Waals surface area contributed by atoms with Crippen LogP contribution in [0.4, 0.5) is 10.5 Å². The average Bonchev–Trinajstić information content (AvgIpc) is 2.76. The third-order valence-electron chi connectivity index (χ3n) is 4.93. The predicted octanol–water partition coefficient (Wildman–Crippen LogP) is 1.89. The molecule has 1 heterocycles. The lowest BCUT2D eigenvalue weighted by molar-refractivity contribution is -0.364. The summed E-state index contributed by atoms with van der Waals surface area (Å²) in [4.78, 5) is 25.9. The molecule has 1 amide bonds. The molecule has 34 heavy (non-hydrogen) atoms. The topological polar surface area (TPSA) is 146 Å². The highest BCUT2D eigenvalue weighted by Crippen LogP contribution is 2.32. The molecule has 0 aliphatic carbocycles. The molecule has 0 spiro atoms. The zero-order valence-electron chi connectivity index (χ0n) is 19.0. The third-order valence-corrected chi connectivity index (χ3v) is 6.32. The fraction of sp³-hybridized carbons (Fsp3) is 0.273. The van der Waals surface area contributed by atoms with E-state index in [0.29, 0.717) is 34.3 Å². The number of ether oxygens (including phenoxy) is 1. The van der Waals surface area contributed by atoms with E-state index in [1.807, 2.05) is 0 Å². The van der Waals surface area contributed by atoms with Crippen molar-refractivity contribution in [2.45, 2.75) is 13.3 Å². The summed E-state index contributed by atoms with van der Waals surface area (Å²) in [5.41, 5.74) is 5.39. The van der Waals surface area contributed by atoms with Gasteiger partial charge in [0.1, 0.15) is 5.58 Å². The zero-order valence-corrected chi connectivity index (χ0v) is 20.5. The second kappa shape index (κ2) is 10.4. The van der Waals surface area contributed by atoms with Crippen molar-refractivity contribution in [3.63, 3.8) is 0 Å². The van der Waals surface area contributed by atoms with Gasteiger partial charge in [0.25, 0.3) is 10.2 Å². The maximum absolute atomic E-state index is 12.8. The number of hydrogen-bond acceptors (Lipinski definition) is 6. The summed E-state index contributed by atoms with van der Waals surface area (Å²) in [6, 6.07) is 9.71. The van der Waals surface area contributed by atoms with E-state index in [1.54, 1.807) is 37.3 Å². The van der Waals surface area contributed by atoms with Crippen LogP contribution in [-0.4, -0.2) is 46.6 Å². The number of nitrogens with zero attached hydrogens (tertiary/aromatic N) is 1. The standard InChI is InChI=1S/C22H25ClN4O6S/c1-13-16-11-18(23)20(33-22(29)27(2)3)12-19(16)32-21(28)17(13)10-14-5-4-6-15(9-14)26-34(30,31)25-8-7-24/h4-6,9,11-12,25-26H,7-8,10,24H2,1-3H3/p+1. The molecule has 0 unspecified atom stereocenters. The minimum atomic E-state index is -3.73. The summed E-state index contributed by atoms with van der Waals surface area (Å²) in [5.74, 6) is 0.0793. The zero-order chi connectivity index (χ0) is 25.0. The number of fused-ring (bicyclic) bond motifs is 1. The number of anilines is 1. The summed E-state index contributed by atoms with van der Waals surface area (Å²) < 4.78 is 39.7. The monoisotopic (exact) mass is 509 g/mol. The molecule has 0 saturated heterocycles. The van der Waals surface area contributed by atoms with Gasteiger partial charge < -0.3 is 19.8 Å². The number of carbonyl (C=O) groups is 1. The average molecular weight is 510 g/mol. The molecule has 0 radical (unpaired) electrons. The Kier molecular flexibility index (Phi) is 7.82. The van der Waals surface area contributed by atoms with Gasteiger partial charge in [0.05, 0.1) is 23.8 Å². The Balaban J connectivity index is 1.92. The van der Waals surface area contributed by atoms with Crippen molar-refractivity contribution in [1.82, 2.24) is 9.62 Å². The molecule has 2 aromatic carbocycles. The van der Waals surface area contributed by atoms with Crippen molar-refractivity contribution < 1.29 is 28.1 Å². The molecule has 5 N–H and O–H groups in total. The number of benzene rings is 2. The second-order valence-electron chi connectivity index (χ2n) is 7.76. The minimum Gasteiger partial charge on any atom is -0.422 e. The van der Waals surface area contributed by atoms with Crippen molar-refractivity contribution in [3.8, 4) is 5.75 Å². The third kappa shape index (κ3) is 6.06. The van der Waals surface area contributed by atoms with Gasteiger partial charge in [-0.2, -0.15) is 13.1 Å². The molecule has 3 aromatic rings. The van der Waals surface area contributed by atoms with Crippen LogP contribution in [0.25, 0.3) is 11.0 Å². The van der Waals surface area contributed by atoms with Crippen molar-refractivity contribution in [2.75, 3.05) is 31.9 Å². The SMILES string of the molecule is Cc1c(Cc2cccc(NS(=O)(=O)NCC[NH3+])c2)c(=O)oc2cc(OC(=O)N(C)C)c(Cl)cc12. The van der Waals surface area contributed by atoms with Crippen molar-refractivity contribution in [1.29, 1.82) is 0 Å². The Morgan fingerprint density at radius 1 is 1.24 bits per heavy atom. The highest BCUT2D eigenvalue weighted by molar-refractivity contribution is 7.90. The van der Waals surface area contributed by atoms with Crippen LogP contribution in [0.2, 0.25) is 5.02 Å². The van der Waals surface area contributed by atoms with E-state index in [9.17, 15) is 18.0 Å². The second-order valence-corrected chi connectivity index (χ2v) is 9.67. The van der Waals surface area contributed by atoms with Crippen LogP contribution in [0, 0.1) is 6.92 Å². The quantitative estimate of drug-likeness (QED) is 0.395. The normalized spacial score (nSPS) is 11.4. The molecule has 182 valence electrons. The van der Waals surface area contributed by atoms with Gasteiger partial charge in [-0.05, 0) is 36.2 Å². The molecule has 12 heteroatoms. The Morgan fingerprint density at radius 2 is 1.97 bits per heavy atom. The number of quaternary nitrogens is 1. The van der Waals surface area contributed by atoms with Crippen LogP contribution in [0.1, 0.15) is 16.7 Å². The first kappa shape index (κ1) is 25.5. The number of nitrogens with one attached hydrogen (secondary N) is 2. The molecule has 0 atom stereocenters. The lowest BCUT2D eigenvalue weighted by Gasteiger charge is -2.14. The molecule has 3 rings (SSSR count). The smallest absolute Gasteiger partial charge is 0.414 e. The van der Waals surface area contributed by atoms with E-state index >= 15 is 0 Å². The lowest BCUT2D eigenvalue weighted by Crippen LogP contribution is -2.55. The number of hydrogen-bond donors (Lipinski definition) is 3. The molecule has 10 nitrogen and oxygen atoms in total. The van der Waals surface area contributed by atoms with Crippen molar-refractivity contribution >= 4 is 44.6 Å². The number of halogens is 1. The first-order chi connectivity index (χ1) is 16.0.